The first kappa shape index (κ1) is 14.2. The van der Waals surface area contributed by atoms with Gasteiger partial charge in [0.1, 0.15) is 0 Å². The SMILES string of the molecule is Cc1ccsc1/C=N/NS(=O)(=O)c1ccc(Br)cc1. The van der Waals surface area contributed by atoms with Gasteiger partial charge in [-0.05, 0) is 48.2 Å². The number of hydrogen-bond acceptors (Lipinski definition) is 4. The third-order valence-electron chi connectivity index (χ3n) is 2.38. The summed E-state index contributed by atoms with van der Waals surface area (Å²) >= 11 is 4.76. The molecule has 4 nitrogen and oxygen atoms in total. The molecule has 0 spiro atoms. The number of nitrogens with one attached hydrogen (secondary N) is 1. The summed E-state index contributed by atoms with van der Waals surface area (Å²) in [7, 11) is -3.61. The Hall–Kier alpha value is -1.18. The van der Waals surface area contributed by atoms with Crippen molar-refractivity contribution in [3.63, 3.8) is 0 Å². The Morgan fingerprint density at radius 2 is 1.95 bits per heavy atom. The van der Waals surface area contributed by atoms with Gasteiger partial charge in [0.15, 0.2) is 0 Å². The molecule has 0 amide bonds. The molecule has 0 aliphatic heterocycles. The topological polar surface area (TPSA) is 58.5 Å². The fraction of sp³-hybridized carbons (Fsp3) is 0.0833. The van der Waals surface area contributed by atoms with Crippen molar-refractivity contribution in [3.05, 3.63) is 50.6 Å². The summed E-state index contributed by atoms with van der Waals surface area (Å²) in [5.74, 6) is 0. The largest absolute Gasteiger partial charge is 0.276 e. The van der Waals surface area contributed by atoms with Crippen LogP contribution < -0.4 is 4.83 Å². The lowest BCUT2D eigenvalue weighted by Gasteiger charge is -2.02. The highest BCUT2D eigenvalue weighted by molar-refractivity contribution is 9.10. The van der Waals surface area contributed by atoms with Gasteiger partial charge in [-0.1, -0.05) is 15.9 Å². The number of sulfonamides is 1. The van der Waals surface area contributed by atoms with Gasteiger partial charge in [0.05, 0.1) is 16.0 Å². The number of hydrazone groups is 1. The van der Waals surface area contributed by atoms with Crippen LogP contribution in [-0.4, -0.2) is 14.6 Å². The lowest BCUT2D eigenvalue weighted by atomic mass is 10.3. The van der Waals surface area contributed by atoms with Crippen molar-refractivity contribution in [2.24, 2.45) is 5.10 Å². The maximum Gasteiger partial charge on any atom is 0.276 e. The summed E-state index contributed by atoms with van der Waals surface area (Å²) in [6.07, 6.45) is 1.51. The first-order valence-corrected chi connectivity index (χ1v) is 8.49. The van der Waals surface area contributed by atoms with E-state index in [0.29, 0.717) is 0 Å². The fourth-order valence-corrected chi connectivity index (χ4v) is 3.18. The van der Waals surface area contributed by atoms with Gasteiger partial charge in [0, 0.05) is 4.47 Å². The van der Waals surface area contributed by atoms with E-state index < -0.39 is 10.0 Å². The number of thiophene rings is 1. The van der Waals surface area contributed by atoms with E-state index in [1.807, 2.05) is 18.4 Å². The molecule has 0 bridgehead atoms. The van der Waals surface area contributed by atoms with Gasteiger partial charge in [0.2, 0.25) is 0 Å². The van der Waals surface area contributed by atoms with Gasteiger partial charge in [-0.2, -0.15) is 13.5 Å². The molecule has 0 unspecified atom stereocenters. The van der Waals surface area contributed by atoms with E-state index in [0.717, 1.165) is 14.9 Å². The Bertz CT molecular complexity index is 691. The Kier molecular flexibility index (Phi) is 4.38. The summed E-state index contributed by atoms with van der Waals surface area (Å²) in [5.41, 5.74) is 1.07. The molecule has 1 heterocycles. The van der Waals surface area contributed by atoms with Crippen LogP contribution in [0.2, 0.25) is 0 Å². The highest BCUT2D eigenvalue weighted by Gasteiger charge is 2.11. The standard InChI is InChI=1S/C12H11BrN2O2S2/c1-9-6-7-18-12(9)8-14-15-19(16,17)11-4-2-10(13)3-5-11/h2-8,15H,1H3/b14-8+. The first-order chi connectivity index (χ1) is 8.99. The van der Waals surface area contributed by atoms with Gasteiger partial charge in [-0.3, -0.25) is 0 Å². The smallest absolute Gasteiger partial charge is 0.200 e. The van der Waals surface area contributed by atoms with Crippen LogP contribution in [0.15, 0.2) is 50.2 Å². The molecule has 100 valence electrons. The molecule has 1 N–H and O–H groups in total. The molecule has 1 aromatic carbocycles. The lowest BCUT2D eigenvalue weighted by molar-refractivity contribution is 0.584. The molecular weight excluding hydrogens is 348 g/mol. The fourth-order valence-electron chi connectivity index (χ4n) is 1.34. The molecule has 0 saturated heterocycles. The molecular formula is C12H11BrN2O2S2. The van der Waals surface area contributed by atoms with Crippen LogP contribution in [0.3, 0.4) is 0 Å². The van der Waals surface area contributed by atoms with E-state index in [-0.39, 0.29) is 4.90 Å². The Morgan fingerprint density at radius 3 is 2.53 bits per heavy atom. The van der Waals surface area contributed by atoms with Crippen LogP contribution in [0.4, 0.5) is 0 Å². The number of rotatable bonds is 4. The second kappa shape index (κ2) is 5.85. The van der Waals surface area contributed by atoms with E-state index in [9.17, 15) is 8.42 Å². The summed E-state index contributed by atoms with van der Waals surface area (Å²) in [6, 6.07) is 8.31. The van der Waals surface area contributed by atoms with Gasteiger partial charge in [-0.25, -0.2) is 4.83 Å². The van der Waals surface area contributed by atoms with Crippen LogP contribution in [-0.2, 0) is 10.0 Å². The lowest BCUT2D eigenvalue weighted by Crippen LogP contribution is -2.18. The molecule has 0 atom stereocenters. The van der Waals surface area contributed by atoms with Crippen LogP contribution in [0.25, 0.3) is 0 Å². The molecule has 1 aromatic heterocycles. The number of aryl methyl sites for hydroxylation is 1. The van der Waals surface area contributed by atoms with Gasteiger partial charge in [-0.15, -0.1) is 11.3 Å². The third kappa shape index (κ3) is 3.65. The van der Waals surface area contributed by atoms with E-state index in [1.54, 1.807) is 12.1 Å². The number of benzene rings is 1. The summed E-state index contributed by atoms with van der Waals surface area (Å²) in [4.78, 5) is 3.30. The molecule has 2 rings (SSSR count). The van der Waals surface area contributed by atoms with Crippen molar-refractivity contribution in [3.8, 4) is 0 Å². The monoisotopic (exact) mass is 358 g/mol. The zero-order chi connectivity index (χ0) is 13.9. The highest BCUT2D eigenvalue weighted by atomic mass is 79.9. The molecule has 2 aromatic rings. The number of halogens is 1. The minimum atomic E-state index is -3.61. The normalized spacial score (nSPS) is 11.9. The van der Waals surface area contributed by atoms with Crippen molar-refractivity contribution in [1.82, 2.24) is 4.83 Å². The van der Waals surface area contributed by atoms with Gasteiger partial charge < -0.3 is 0 Å². The molecule has 0 aliphatic carbocycles. The Morgan fingerprint density at radius 1 is 1.26 bits per heavy atom. The van der Waals surface area contributed by atoms with Crippen LogP contribution in [0, 0.1) is 6.92 Å². The molecule has 0 fully saturated rings. The molecule has 7 heteroatoms. The third-order valence-corrected chi connectivity index (χ3v) is 5.10. The van der Waals surface area contributed by atoms with Crippen molar-refractivity contribution >= 4 is 43.5 Å². The average molecular weight is 359 g/mol. The summed E-state index contributed by atoms with van der Waals surface area (Å²) in [6.45, 7) is 1.95. The second-order valence-electron chi connectivity index (χ2n) is 3.77. The van der Waals surface area contributed by atoms with Gasteiger partial charge >= 0.3 is 0 Å². The maximum atomic E-state index is 11.9. The van der Waals surface area contributed by atoms with Crippen molar-refractivity contribution < 1.29 is 8.42 Å². The highest BCUT2D eigenvalue weighted by Crippen LogP contribution is 2.15. The first-order valence-electron chi connectivity index (χ1n) is 5.33. The van der Waals surface area contributed by atoms with E-state index >= 15 is 0 Å². The number of hydrogen-bond donors (Lipinski definition) is 1. The Balaban J connectivity index is 2.12. The summed E-state index contributed by atoms with van der Waals surface area (Å²) < 4.78 is 24.7. The maximum absolute atomic E-state index is 11.9. The predicted octanol–water partition coefficient (Wildman–Crippen LogP) is 3.13. The van der Waals surface area contributed by atoms with Crippen LogP contribution in [0.5, 0.6) is 0 Å². The van der Waals surface area contributed by atoms with Crippen LogP contribution in [0.1, 0.15) is 10.4 Å². The van der Waals surface area contributed by atoms with Crippen molar-refractivity contribution in [2.45, 2.75) is 11.8 Å². The van der Waals surface area contributed by atoms with Gasteiger partial charge in [0.25, 0.3) is 10.0 Å². The zero-order valence-corrected chi connectivity index (χ0v) is 13.2. The molecule has 0 aliphatic rings. The molecule has 0 radical (unpaired) electrons. The minimum absolute atomic E-state index is 0.177. The number of nitrogens with zero attached hydrogens (tertiary/aromatic N) is 1. The van der Waals surface area contributed by atoms with Crippen LogP contribution >= 0.6 is 27.3 Å². The van der Waals surface area contributed by atoms with E-state index in [4.69, 9.17) is 0 Å². The van der Waals surface area contributed by atoms with Crippen molar-refractivity contribution in [1.29, 1.82) is 0 Å². The quantitative estimate of drug-likeness (QED) is 0.674. The summed E-state index contributed by atoms with van der Waals surface area (Å²) in [5, 5.41) is 5.71. The second-order valence-corrected chi connectivity index (χ2v) is 7.30. The van der Waals surface area contributed by atoms with E-state index in [1.165, 1.54) is 29.7 Å². The zero-order valence-electron chi connectivity index (χ0n) is 10.00. The molecule has 19 heavy (non-hydrogen) atoms. The minimum Gasteiger partial charge on any atom is -0.200 e. The molecule has 0 saturated carbocycles. The van der Waals surface area contributed by atoms with Crippen molar-refractivity contribution in [2.75, 3.05) is 0 Å². The predicted molar refractivity (Wildman–Crippen MR) is 81.1 cm³/mol. The Labute approximate surface area is 124 Å². The average Bonchev–Trinajstić information content (AvgIpc) is 2.75. The van der Waals surface area contributed by atoms with E-state index in [2.05, 4.69) is 25.9 Å².